The van der Waals surface area contributed by atoms with E-state index in [1.807, 2.05) is 60.7 Å². The molecule has 0 spiro atoms. The Labute approximate surface area is 228 Å². The third kappa shape index (κ3) is 5.97. The average Bonchev–Trinajstić information content (AvgIpc) is 3.52. The first-order valence-corrected chi connectivity index (χ1v) is 12.2. The van der Waals surface area contributed by atoms with Crippen LogP contribution in [0.1, 0.15) is 28.2 Å². The van der Waals surface area contributed by atoms with Crippen molar-refractivity contribution in [2.75, 3.05) is 5.73 Å². The predicted molar refractivity (Wildman–Crippen MR) is 150 cm³/mol. The van der Waals surface area contributed by atoms with E-state index in [9.17, 15) is 8.78 Å². The third-order valence-electron chi connectivity index (χ3n) is 5.83. The number of allylic oxidation sites excluding steroid dienone is 1. The lowest BCUT2D eigenvalue weighted by atomic mass is 10.0. The zero-order valence-electron chi connectivity index (χ0n) is 21.1. The number of nitrogens with two attached hydrogens (primary N) is 2. The van der Waals surface area contributed by atoms with E-state index in [1.54, 1.807) is 6.07 Å². The van der Waals surface area contributed by atoms with E-state index in [4.69, 9.17) is 21.0 Å². The fraction of sp³-hybridized carbons (Fsp3) is 0.0333. The highest BCUT2D eigenvalue weighted by molar-refractivity contribution is 6.14. The Balaban J connectivity index is 1.48. The minimum Gasteiger partial charge on any atom is -0.396 e. The molecule has 0 bridgehead atoms. The Hall–Kier alpha value is -5.51. The summed E-state index contributed by atoms with van der Waals surface area (Å²) in [5.74, 6) is -1.68. The summed E-state index contributed by atoms with van der Waals surface area (Å²) in [6, 6.07) is 24.9. The summed E-state index contributed by atoms with van der Waals surface area (Å²) >= 11 is 0. The lowest BCUT2D eigenvalue weighted by Gasteiger charge is -2.09. The van der Waals surface area contributed by atoms with Crippen LogP contribution in [-0.2, 0) is 6.54 Å². The molecule has 0 unspecified atom stereocenters. The van der Waals surface area contributed by atoms with Gasteiger partial charge in [-0.1, -0.05) is 78.0 Å². The van der Waals surface area contributed by atoms with Crippen molar-refractivity contribution < 1.29 is 13.3 Å². The molecule has 2 aromatic heterocycles. The van der Waals surface area contributed by atoms with Gasteiger partial charge in [0, 0.05) is 22.8 Å². The van der Waals surface area contributed by atoms with E-state index in [-0.39, 0.29) is 35.2 Å². The maximum Gasteiger partial charge on any atom is 0.177 e. The summed E-state index contributed by atoms with van der Waals surface area (Å²) in [5, 5.41) is 3.88. The van der Waals surface area contributed by atoms with Gasteiger partial charge in [0.15, 0.2) is 23.3 Å². The number of nitrogens with zero attached hydrogens (tertiary/aromatic N) is 5. The molecule has 5 aromatic rings. The van der Waals surface area contributed by atoms with Crippen LogP contribution in [0.4, 0.5) is 20.3 Å². The van der Waals surface area contributed by atoms with Crippen molar-refractivity contribution in [3.63, 3.8) is 0 Å². The van der Waals surface area contributed by atoms with Gasteiger partial charge in [-0.2, -0.15) is 0 Å². The molecule has 5 rings (SSSR count). The highest BCUT2D eigenvalue weighted by Gasteiger charge is 2.13. The standard InChI is InChI=1S/C30H23F2N7O/c31-22-13-7-12-21(27(22)32)17-35-25(24-14-15-40-39-24)16-23(33)30-36-18-26(29(34)38-30)37-28(19-8-3-1-4-9-19)20-10-5-2-6-11-20/h1-16,18H,17,33H2,(H2,34,36,38)/b23-16-,35-25?. The van der Waals surface area contributed by atoms with Gasteiger partial charge in [0.2, 0.25) is 0 Å². The summed E-state index contributed by atoms with van der Waals surface area (Å²) in [4.78, 5) is 17.9. The van der Waals surface area contributed by atoms with Crippen molar-refractivity contribution in [1.82, 2.24) is 15.1 Å². The summed E-state index contributed by atoms with van der Waals surface area (Å²) in [7, 11) is 0. The molecule has 0 radical (unpaired) electrons. The van der Waals surface area contributed by atoms with Crippen LogP contribution in [-0.4, -0.2) is 26.5 Å². The van der Waals surface area contributed by atoms with E-state index in [0.717, 1.165) is 17.2 Å². The Morgan fingerprint density at radius 2 is 1.60 bits per heavy atom. The van der Waals surface area contributed by atoms with Crippen molar-refractivity contribution in [1.29, 1.82) is 0 Å². The SMILES string of the molecule is N/C(=C\C(=NCc1cccc(F)c1F)c1ccon1)c1ncc(N=C(c2ccccc2)c2ccccc2)c(N)n1. The van der Waals surface area contributed by atoms with Gasteiger partial charge in [0.05, 0.1) is 29.9 Å². The summed E-state index contributed by atoms with van der Waals surface area (Å²) in [6.45, 7) is -0.159. The summed E-state index contributed by atoms with van der Waals surface area (Å²) in [5.41, 5.74) is 16.2. The zero-order valence-corrected chi connectivity index (χ0v) is 21.1. The molecule has 0 atom stereocenters. The van der Waals surface area contributed by atoms with E-state index in [1.165, 1.54) is 30.7 Å². The number of nitrogen functional groups attached to an aromatic ring is 1. The number of benzene rings is 3. The number of anilines is 1. The first-order chi connectivity index (χ1) is 19.5. The molecule has 8 nitrogen and oxygen atoms in total. The van der Waals surface area contributed by atoms with Crippen LogP contribution in [0, 0.1) is 11.6 Å². The Kier molecular flexibility index (Phi) is 7.77. The minimum atomic E-state index is -0.972. The molecule has 3 aromatic carbocycles. The highest BCUT2D eigenvalue weighted by Crippen LogP contribution is 2.23. The number of hydrogen-bond acceptors (Lipinski definition) is 8. The second kappa shape index (κ2) is 11.9. The van der Waals surface area contributed by atoms with Crippen LogP contribution in [0.3, 0.4) is 0 Å². The predicted octanol–water partition coefficient (Wildman–Crippen LogP) is 5.48. The number of rotatable bonds is 8. The Morgan fingerprint density at radius 3 is 2.23 bits per heavy atom. The highest BCUT2D eigenvalue weighted by atomic mass is 19.2. The average molecular weight is 536 g/mol. The molecule has 2 heterocycles. The van der Waals surface area contributed by atoms with Gasteiger partial charge in [-0.05, 0) is 12.1 Å². The first kappa shape index (κ1) is 26.1. The Bertz CT molecular complexity index is 1660. The van der Waals surface area contributed by atoms with Crippen molar-refractivity contribution >= 4 is 28.6 Å². The van der Waals surface area contributed by atoms with Crippen molar-refractivity contribution in [3.8, 4) is 0 Å². The molecule has 0 saturated carbocycles. The normalized spacial score (nSPS) is 11.8. The van der Waals surface area contributed by atoms with E-state index < -0.39 is 11.6 Å². The molecule has 4 N–H and O–H groups in total. The molecule has 40 heavy (non-hydrogen) atoms. The van der Waals surface area contributed by atoms with Gasteiger partial charge < -0.3 is 16.0 Å². The van der Waals surface area contributed by atoms with E-state index in [0.29, 0.717) is 17.1 Å². The zero-order chi connectivity index (χ0) is 27.9. The van der Waals surface area contributed by atoms with Crippen molar-refractivity contribution in [2.45, 2.75) is 6.54 Å². The second-order valence-corrected chi connectivity index (χ2v) is 8.56. The van der Waals surface area contributed by atoms with Gasteiger partial charge in [0.1, 0.15) is 17.6 Å². The van der Waals surface area contributed by atoms with Gasteiger partial charge in [-0.25, -0.2) is 23.7 Å². The quantitative estimate of drug-likeness (QED) is 0.253. The van der Waals surface area contributed by atoms with Gasteiger partial charge >= 0.3 is 0 Å². The lowest BCUT2D eigenvalue weighted by molar-refractivity contribution is 0.418. The van der Waals surface area contributed by atoms with Crippen molar-refractivity contribution in [3.05, 3.63) is 143 Å². The van der Waals surface area contributed by atoms with E-state index >= 15 is 0 Å². The van der Waals surface area contributed by atoms with Gasteiger partial charge in [-0.15, -0.1) is 0 Å². The molecule has 0 fully saturated rings. The summed E-state index contributed by atoms with van der Waals surface area (Å²) in [6.07, 6.45) is 4.31. The van der Waals surface area contributed by atoms with E-state index in [2.05, 4.69) is 20.1 Å². The second-order valence-electron chi connectivity index (χ2n) is 8.56. The van der Waals surface area contributed by atoms with Crippen LogP contribution in [0.25, 0.3) is 5.70 Å². The number of hydrogen-bond donors (Lipinski definition) is 2. The molecule has 0 aliphatic carbocycles. The topological polar surface area (TPSA) is 129 Å². The maximum atomic E-state index is 14.1. The molecular formula is C30H23F2N7O. The van der Waals surface area contributed by atoms with Crippen molar-refractivity contribution in [2.24, 2.45) is 15.7 Å². The summed E-state index contributed by atoms with van der Waals surface area (Å²) < 4.78 is 32.7. The maximum absolute atomic E-state index is 14.1. The number of aliphatic imine (C=N–C) groups is 2. The molecule has 0 aliphatic heterocycles. The molecule has 0 saturated heterocycles. The molecule has 10 heteroatoms. The largest absolute Gasteiger partial charge is 0.396 e. The van der Waals surface area contributed by atoms with Crippen LogP contribution in [0.2, 0.25) is 0 Å². The minimum absolute atomic E-state index is 0.0725. The number of halogens is 2. The van der Waals surface area contributed by atoms with Crippen LogP contribution in [0.5, 0.6) is 0 Å². The molecular weight excluding hydrogens is 512 g/mol. The smallest absolute Gasteiger partial charge is 0.177 e. The lowest BCUT2D eigenvalue weighted by Crippen LogP contribution is -2.09. The number of aromatic nitrogens is 3. The fourth-order valence-corrected chi connectivity index (χ4v) is 3.82. The Morgan fingerprint density at radius 1 is 0.900 bits per heavy atom. The third-order valence-corrected chi connectivity index (χ3v) is 5.83. The fourth-order valence-electron chi connectivity index (χ4n) is 3.82. The molecule has 0 amide bonds. The van der Waals surface area contributed by atoms with Gasteiger partial charge in [0.25, 0.3) is 0 Å². The monoisotopic (exact) mass is 535 g/mol. The van der Waals surface area contributed by atoms with Crippen LogP contribution in [0.15, 0.2) is 118 Å². The van der Waals surface area contributed by atoms with Gasteiger partial charge in [-0.3, -0.25) is 4.99 Å². The van der Waals surface area contributed by atoms with Crippen LogP contribution < -0.4 is 11.5 Å². The van der Waals surface area contributed by atoms with Crippen LogP contribution >= 0.6 is 0 Å². The molecule has 198 valence electrons. The molecule has 0 aliphatic rings. The first-order valence-electron chi connectivity index (χ1n) is 12.2.